The number of methoxy groups -OCH3 is 2. The average molecular weight is 459 g/mol. The van der Waals surface area contributed by atoms with Crippen LogP contribution in [0, 0.1) is 0 Å². The highest BCUT2D eigenvalue weighted by atomic mass is 127. The van der Waals surface area contributed by atoms with E-state index in [0.29, 0.717) is 6.54 Å². The summed E-state index contributed by atoms with van der Waals surface area (Å²) in [6.07, 6.45) is 8.65. The molecule has 0 unspecified atom stereocenters. The largest absolute Gasteiger partial charge is 0.493 e. The monoisotopic (exact) mass is 459 g/mol. The third-order valence-electron chi connectivity index (χ3n) is 4.26. The highest BCUT2D eigenvalue weighted by Crippen LogP contribution is 2.27. The van der Waals surface area contributed by atoms with Crippen LogP contribution in [0.3, 0.4) is 0 Å². The smallest absolute Gasteiger partial charge is 0.191 e. The van der Waals surface area contributed by atoms with Crippen molar-refractivity contribution in [3.05, 3.63) is 35.4 Å². The van der Waals surface area contributed by atoms with Gasteiger partial charge in [-0.2, -0.15) is 0 Å². The Bertz CT molecular complexity index is 588. The van der Waals surface area contributed by atoms with Crippen LogP contribution >= 0.6 is 24.0 Å². The molecule has 1 aliphatic carbocycles. The summed E-state index contributed by atoms with van der Waals surface area (Å²) in [5.74, 6) is 2.30. The molecule has 0 saturated carbocycles. The molecule has 0 fully saturated rings. The number of aliphatic imine (C=N–C) groups is 1. The zero-order valence-electron chi connectivity index (χ0n) is 15.4. The first-order valence-electron chi connectivity index (χ1n) is 8.60. The molecule has 0 radical (unpaired) electrons. The normalized spacial score (nSPS) is 14.2. The highest BCUT2D eigenvalue weighted by Gasteiger charge is 2.06. The van der Waals surface area contributed by atoms with Gasteiger partial charge in [0.25, 0.3) is 0 Å². The van der Waals surface area contributed by atoms with Crippen LogP contribution in [0.25, 0.3) is 0 Å². The Balaban J connectivity index is 0.00000312. The molecule has 5 nitrogen and oxygen atoms in total. The quantitative estimate of drug-likeness (QED) is 0.281. The molecule has 1 aliphatic rings. The Kier molecular flexibility index (Phi) is 10.4. The van der Waals surface area contributed by atoms with E-state index in [-0.39, 0.29) is 24.0 Å². The van der Waals surface area contributed by atoms with E-state index >= 15 is 0 Å². The van der Waals surface area contributed by atoms with Crippen molar-refractivity contribution in [1.29, 1.82) is 0 Å². The molecule has 2 rings (SSSR count). The first-order valence-corrected chi connectivity index (χ1v) is 8.60. The summed E-state index contributed by atoms with van der Waals surface area (Å²) >= 11 is 0. The minimum absolute atomic E-state index is 0. The summed E-state index contributed by atoms with van der Waals surface area (Å²) in [7, 11) is 5.09. The van der Waals surface area contributed by atoms with Gasteiger partial charge >= 0.3 is 0 Å². The standard InChI is InChI=1S/C19H29N3O2.HI/c1-20-19(21-12-11-15-7-5-4-6-8-15)22-14-16-9-10-17(23-2)18(13-16)24-3;/h7,9-10,13H,4-6,8,11-12,14H2,1-3H3,(H2,20,21,22);1H. The lowest BCUT2D eigenvalue weighted by atomic mass is 9.97. The summed E-state index contributed by atoms with van der Waals surface area (Å²) in [5, 5.41) is 6.72. The van der Waals surface area contributed by atoms with Crippen molar-refractivity contribution >= 4 is 29.9 Å². The number of guanidine groups is 1. The number of nitrogens with zero attached hydrogens (tertiary/aromatic N) is 1. The molecule has 2 N–H and O–H groups in total. The summed E-state index contributed by atoms with van der Waals surface area (Å²) in [4.78, 5) is 4.28. The second kappa shape index (κ2) is 12.0. The molecular weight excluding hydrogens is 429 g/mol. The Labute approximate surface area is 168 Å². The molecule has 6 heteroatoms. The van der Waals surface area contributed by atoms with Crippen LogP contribution < -0.4 is 20.1 Å². The van der Waals surface area contributed by atoms with Gasteiger partial charge in [-0.3, -0.25) is 4.99 Å². The van der Waals surface area contributed by atoms with Gasteiger partial charge in [-0.25, -0.2) is 0 Å². The van der Waals surface area contributed by atoms with Gasteiger partial charge in [0, 0.05) is 20.1 Å². The lowest BCUT2D eigenvalue weighted by Crippen LogP contribution is -2.37. The van der Waals surface area contributed by atoms with E-state index in [9.17, 15) is 0 Å². The minimum Gasteiger partial charge on any atom is -0.493 e. The Morgan fingerprint density at radius 1 is 1.12 bits per heavy atom. The summed E-state index contributed by atoms with van der Waals surface area (Å²) in [5.41, 5.74) is 2.69. The van der Waals surface area contributed by atoms with Crippen LogP contribution in [-0.4, -0.2) is 33.8 Å². The van der Waals surface area contributed by atoms with Crippen molar-refractivity contribution in [2.45, 2.75) is 38.6 Å². The molecule has 0 bridgehead atoms. The predicted octanol–water partition coefficient (Wildman–Crippen LogP) is 3.88. The molecular formula is C19H30IN3O2. The van der Waals surface area contributed by atoms with Crippen LogP contribution in [0.15, 0.2) is 34.8 Å². The van der Waals surface area contributed by atoms with Crippen molar-refractivity contribution in [2.24, 2.45) is 4.99 Å². The van der Waals surface area contributed by atoms with E-state index in [4.69, 9.17) is 9.47 Å². The fourth-order valence-corrected chi connectivity index (χ4v) is 2.87. The Morgan fingerprint density at radius 3 is 2.56 bits per heavy atom. The van der Waals surface area contributed by atoms with Crippen molar-refractivity contribution in [3.8, 4) is 11.5 Å². The number of nitrogens with one attached hydrogen (secondary N) is 2. The maximum atomic E-state index is 5.34. The zero-order valence-corrected chi connectivity index (χ0v) is 17.8. The van der Waals surface area contributed by atoms with Crippen LogP contribution in [-0.2, 0) is 6.54 Å². The number of benzene rings is 1. The molecule has 0 atom stereocenters. The lowest BCUT2D eigenvalue weighted by Gasteiger charge is -2.15. The number of ether oxygens (including phenoxy) is 2. The van der Waals surface area contributed by atoms with Crippen LogP contribution in [0.5, 0.6) is 11.5 Å². The van der Waals surface area contributed by atoms with Crippen molar-refractivity contribution in [3.63, 3.8) is 0 Å². The minimum atomic E-state index is 0. The van der Waals surface area contributed by atoms with Crippen molar-refractivity contribution in [2.75, 3.05) is 27.8 Å². The number of rotatable bonds is 7. The van der Waals surface area contributed by atoms with E-state index in [1.807, 2.05) is 18.2 Å². The summed E-state index contributed by atoms with van der Waals surface area (Å²) in [6, 6.07) is 5.92. The summed E-state index contributed by atoms with van der Waals surface area (Å²) in [6.45, 7) is 1.60. The molecule has 1 aromatic rings. The van der Waals surface area contributed by atoms with Crippen molar-refractivity contribution in [1.82, 2.24) is 10.6 Å². The fraction of sp³-hybridized carbons (Fsp3) is 0.526. The Morgan fingerprint density at radius 2 is 1.92 bits per heavy atom. The molecule has 0 saturated heterocycles. The van der Waals surface area contributed by atoms with E-state index in [0.717, 1.165) is 36.0 Å². The molecule has 0 amide bonds. The molecule has 0 spiro atoms. The van der Waals surface area contributed by atoms with Gasteiger partial charge in [-0.1, -0.05) is 17.7 Å². The first-order chi connectivity index (χ1) is 11.8. The van der Waals surface area contributed by atoms with E-state index in [1.54, 1.807) is 26.8 Å². The van der Waals surface area contributed by atoms with E-state index in [1.165, 1.54) is 25.7 Å². The number of halogens is 1. The van der Waals surface area contributed by atoms with E-state index in [2.05, 4.69) is 21.7 Å². The third kappa shape index (κ3) is 7.13. The van der Waals surface area contributed by atoms with E-state index < -0.39 is 0 Å². The number of hydrogen-bond acceptors (Lipinski definition) is 3. The average Bonchev–Trinajstić information content (AvgIpc) is 2.65. The van der Waals surface area contributed by atoms with Gasteiger partial charge in [0.15, 0.2) is 17.5 Å². The maximum absolute atomic E-state index is 5.34. The molecule has 0 aromatic heterocycles. The molecule has 25 heavy (non-hydrogen) atoms. The first kappa shape index (κ1) is 21.6. The summed E-state index contributed by atoms with van der Waals surface area (Å²) < 4.78 is 10.6. The zero-order chi connectivity index (χ0) is 17.2. The number of allylic oxidation sites excluding steroid dienone is 1. The second-order valence-corrected chi connectivity index (χ2v) is 5.90. The second-order valence-electron chi connectivity index (χ2n) is 5.90. The van der Waals surface area contributed by atoms with Gasteiger partial charge in [0.05, 0.1) is 14.2 Å². The number of hydrogen-bond donors (Lipinski definition) is 2. The van der Waals surface area contributed by atoms with Crippen LogP contribution in [0.4, 0.5) is 0 Å². The molecule has 1 aromatic carbocycles. The van der Waals surface area contributed by atoms with Gasteiger partial charge in [-0.15, -0.1) is 24.0 Å². The fourth-order valence-electron chi connectivity index (χ4n) is 2.87. The Hall–Kier alpha value is -1.44. The van der Waals surface area contributed by atoms with Gasteiger partial charge < -0.3 is 20.1 Å². The topological polar surface area (TPSA) is 54.9 Å². The van der Waals surface area contributed by atoms with Crippen LogP contribution in [0.2, 0.25) is 0 Å². The van der Waals surface area contributed by atoms with Crippen molar-refractivity contribution < 1.29 is 9.47 Å². The third-order valence-corrected chi connectivity index (χ3v) is 4.26. The van der Waals surface area contributed by atoms with Gasteiger partial charge in [-0.05, 0) is 49.8 Å². The van der Waals surface area contributed by atoms with Crippen LogP contribution in [0.1, 0.15) is 37.7 Å². The van der Waals surface area contributed by atoms with Gasteiger partial charge in [0.2, 0.25) is 0 Å². The molecule has 0 heterocycles. The molecule has 140 valence electrons. The maximum Gasteiger partial charge on any atom is 0.191 e. The highest BCUT2D eigenvalue weighted by molar-refractivity contribution is 14.0. The molecule has 0 aliphatic heterocycles. The SMILES string of the molecule is CN=C(NCCC1=CCCCC1)NCc1ccc(OC)c(OC)c1.I. The predicted molar refractivity (Wildman–Crippen MR) is 114 cm³/mol. The van der Waals surface area contributed by atoms with Gasteiger partial charge in [0.1, 0.15) is 0 Å². The lowest BCUT2D eigenvalue weighted by molar-refractivity contribution is 0.354.